The molecule has 1 spiro atoms. The first-order valence-electron chi connectivity index (χ1n) is 7.51. The van der Waals surface area contributed by atoms with E-state index in [0.29, 0.717) is 12.5 Å². The predicted octanol–water partition coefficient (Wildman–Crippen LogP) is 3.91. The van der Waals surface area contributed by atoms with Gasteiger partial charge in [-0.3, -0.25) is 5.01 Å². The fourth-order valence-electron chi connectivity index (χ4n) is 3.27. The van der Waals surface area contributed by atoms with Crippen molar-refractivity contribution in [3.8, 4) is 5.75 Å². The van der Waals surface area contributed by atoms with E-state index in [-0.39, 0.29) is 4.87 Å². The van der Waals surface area contributed by atoms with E-state index in [1.165, 1.54) is 11.1 Å². The summed E-state index contributed by atoms with van der Waals surface area (Å²) in [6, 6.07) is 18.7. The van der Waals surface area contributed by atoms with Gasteiger partial charge in [-0.2, -0.15) is 5.10 Å². The van der Waals surface area contributed by atoms with Gasteiger partial charge in [-0.1, -0.05) is 67.2 Å². The molecule has 112 valence electrons. The van der Waals surface area contributed by atoms with E-state index in [4.69, 9.17) is 9.84 Å². The standard InChI is InChI=1S/C18H18N2OS/c1-13-12-21-16-11-7-6-10-15(16)18(13)20(2)19-17(22-18)14-8-4-3-5-9-14/h3-11,13H,12H2,1-2H3/t13-,18?/m0/s1. The molecular weight excluding hydrogens is 292 g/mol. The zero-order valence-corrected chi connectivity index (χ0v) is 13.5. The maximum atomic E-state index is 5.92. The summed E-state index contributed by atoms with van der Waals surface area (Å²) in [7, 11) is 2.07. The van der Waals surface area contributed by atoms with Crippen LogP contribution in [0.3, 0.4) is 0 Å². The molecule has 0 saturated heterocycles. The molecule has 0 amide bonds. The number of ether oxygens (including phenoxy) is 1. The lowest BCUT2D eigenvalue weighted by Gasteiger charge is -2.43. The summed E-state index contributed by atoms with van der Waals surface area (Å²) in [5.74, 6) is 1.33. The quantitative estimate of drug-likeness (QED) is 0.798. The van der Waals surface area contributed by atoms with Crippen molar-refractivity contribution in [2.45, 2.75) is 11.8 Å². The van der Waals surface area contributed by atoms with E-state index in [2.05, 4.69) is 61.4 Å². The van der Waals surface area contributed by atoms with Crippen LogP contribution in [0.2, 0.25) is 0 Å². The Morgan fingerprint density at radius 2 is 1.86 bits per heavy atom. The van der Waals surface area contributed by atoms with Crippen LogP contribution >= 0.6 is 11.8 Å². The number of hydrazone groups is 1. The molecule has 0 radical (unpaired) electrons. The second kappa shape index (κ2) is 5.06. The van der Waals surface area contributed by atoms with Gasteiger partial charge in [0.15, 0.2) is 0 Å². The van der Waals surface area contributed by atoms with Gasteiger partial charge in [0.05, 0.1) is 6.61 Å². The van der Waals surface area contributed by atoms with E-state index in [1.807, 2.05) is 23.9 Å². The molecule has 2 aromatic rings. The third-order valence-corrected chi connectivity index (χ3v) is 6.13. The Balaban J connectivity index is 1.80. The van der Waals surface area contributed by atoms with Crippen molar-refractivity contribution in [3.63, 3.8) is 0 Å². The van der Waals surface area contributed by atoms with Crippen molar-refractivity contribution in [1.29, 1.82) is 0 Å². The van der Waals surface area contributed by atoms with E-state index < -0.39 is 0 Å². The van der Waals surface area contributed by atoms with Crippen molar-refractivity contribution in [2.75, 3.05) is 13.7 Å². The molecule has 22 heavy (non-hydrogen) atoms. The number of benzene rings is 2. The molecule has 2 atom stereocenters. The van der Waals surface area contributed by atoms with Crippen molar-refractivity contribution in [1.82, 2.24) is 5.01 Å². The summed E-state index contributed by atoms with van der Waals surface area (Å²) in [6.45, 7) is 2.95. The lowest BCUT2D eigenvalue weighted by molar-refractivity contribution is 0.0910. The van der Waals surface area contributed by atoms with Gasteiger partial charge >= 0.3 is 0 Å². The summed E-state index contributed by atoms with van der Waals surface area (Å²) in [5.41, 5.74) is 2.39. The van der Waals surface area contributed by atoms with Crippen molar-refractivity contribution >= 4 is 16.8 Å². The number of para-hydroxylation sites is 1. The highest BCUT2D eigenvalue weighted by Gasteiger charge is 2.51. The van der Waals surface area contributed by atoms with E-state index in [9.17, 15) is 0 Å². The maximum Gasteiger partial charge on any atom is 0.143 e. The minimum atomic E-state index is -0.181. The van der Waals surface area contributed by atoms with Gasteiger partial charge in [-0.05, 0) is 6.07 Å². The van der Waals surface area contributed by atoms with Gasteiger partial charge in [0.1, 0.15) is 15.7 Å². The maximum absolute atomic E-state index is 5.92. The highest BCUT2D eigenvalue weighted by Crippen LogP contribution is 2.55. The van der Waals surface area contributed by atoms with Crippen LogP contribution in [0, 0.1) is 5.92 Å². The fourth-order valence-corrected chi connectivity index (χ4v) is 4.70. The molecule has 0 aliphatic carbocycles. The third kappa shape index (κ3) is 1.87. The molecule has 4 heteroatoms. The molecule has 0 saturated carbocycles. The first-order chi connectivity index (χ1) is 10.7. The van der Waals surface area contributed by atoms with Crippen LogP contribution in [-0.2, 0) is 4.87 Å². The van der Waals surface area contributed by atoms with Gasteiger partial charge < -0.3 is 4.74 Å². The summed E-state index contributed by atoms with van der Waals surface area (Å²) >= 11 is 1.84. The summed E-state index contributed by atoms with van der Waals surface area (Å²) in [6.07, 6.45) is 0. The molecule has 2 aliphatic rings. The fraction of sp³-hybridized carbons (Fsp3) is 0.278. The van der Waals surface area contributed by atoms with Gasteiger partial charge in [-0.15, -0.1) is 0 Å². The number of fused-ring (bicyclic) bond motifs is 2. The Labute approximate surface area is 135 Å². The van der Waals surface area contributed by atoms with Crippen LogP contribution < -0.4 is 4.74 Å². The minimum Gasteiger partial charge on any atom is -0.493 e. The van der Waals surface area contributed by atoms with Crippen LogP contribution in [0.4, 0.5) is 0 Å². The van der Waals surface area contributed by atoms with Crippen LogP contribution in [0.15, 0.2) is 59.7 Å². The Kier molecular flexibility index (Phi) is 3.15. The molecule has 1 unspecified atom stereocenters. The molecule has 3 nitrogen and oxygen atoms in total. The predicted molar refractivity (Wildman–Crippen MR) is 91.1 cm³/mol. The highest BCUT2D eigenvalue weighted by atomic mass is 32.2. The Morgan fingerprint density at radius 3 is 2.68 bits per heavy atom. The average molecular weight is 310 g/mol. The zero-order chi connectivity index (χ0) is 15.2. The zero-order valence-electron chi connectivity index (χ0n) is 12.7. The monoisotopic (exact) mass is 310 g/mol. The highest BCUT2D eigenvalue weighted by molar-refractivity contribution is 8.15. The molecule has 0 bridgehead atoms. The molecule has 0 fully saturated rings. The van der Waals surface area contributed by atoms with Crippen molar-refractivity contribution in [3.05, 3.63) is 65.7 Å². The largest absolute Gasteiger partial charge is 0.493 e. The van der Waals surface area contributed by atoms with Gasteiger partial charge in [0.2, 0.25) is 0 Å². The van der Waals surface area contributed by atoms with Gasteiger partial charge in [-0.25, -0.2) is 0 Å². The molecule has 0 N–H and O–H groups in total. The lowest BCUT2D eigenvalue weighted by atomic mass is 9.91. The SMILES string of the molecule is C[C@H]1COc2ccccc2C12SC(c1ccccc1)=NN2C. The van der Waals surface area contributed by atoms with Crippen molar-refractivity contribution in [2.24, 2.45) is 11.0 Å². The average Bonchev–Trinajstić information content (AvgIpc) is 2.91. The second-order valence-electron chi connectivity index (χ2n) is 5.80. The summed E-state index contributed by atoms with van der Waals surface area (Å²) < 4.78 is 5.92. The number of thioether (sulfide) groups is 1. The smallest absolute Gasteiger partial charge is 0.143 e. The molecule has 0 aromatic heterocycles. The molecule has 2 aliphatic heterocycles. The van der Waals surface area contributed by atoms with E-state index in [0.717, 1.165) is 10.8 Å². The number of hydrogen-bond acceptors (Lipinski definition) is 4. The minimum absolute atomic E-state index is 0.181. The summed E-state index contributed by atoms with van der Waals surface area (Å²) in [4.78, 5) is -0.181. The number of hydrogen-bond donors (Lipinski definition) is 0. The van der Waals surface area contributed by atoms with Crippen LogP contribution in [0.1, 0.15) is 18.1 Å². The Hall–Kier alpha value is -1.94. The van der Waals surface area contributed by atoms with Crippen molar-refractivity contribution < 1.29 is 4.74 Å². The topological polar surface area (TPSA) is 24.8 Å². The molecule has 2 heterocycles. The van der Waals surface area contributed by atoms with E-state index in [1.54, 1.807) is 0 Å². The van der Waals surface area contributed by atoms with Crippen LogP contribution in [0.25, 0.3) is 0 Å². The first kappa shape index (κ1) is 13.7. The third-order valence-electron chi connectivity index (χ3n) is 4.42. The lowest BCUT2D eigenvalue weighted by Crippen LogP contribution is -2.46. The van der Waals surface area contributed by atoms with E-state index >= 15 is 0 Å². The van der Waals surface area contributed by atoms with Crippen LogP contribution in [-0.4, -0.2) is 23.7 Å². The van der Waals surface area contributed by atoms with Gasteiger partial charge in [0.25, 0.3) is 0 Å². The molecular formula is C18H18N2OS. The molecule has 2 aromatic carbocycles. The Morgan fingerprint density at radius 1 is 1.14 bits per heavy atom. The first-order valence-corrected chi connectivity index (χ1v) is 8.32. The van der Waals surface area contributed by atoms with Gasteiger partial charge in [0, 0.05) is 24.1 Å². The molecule has 4 rings (SSSR count). The normalized spacial score (nSPS) is 26.5. The Bertz CT molecular complexity index is 731. The second-order valence-corrected chi connectivity index (χ2v) is 7.01. The number of rotatable bonds is 1. The number of nitrogens with zero attached hydrogens (tertiary/aromatic N) is 2. The summed E-state index contributed by atoms with van der Waals surface area (Å²) in [5, 5.41) is 8.04. The van der Waals surface area contributed by atoms with Crippen LogP contribution in [0.5, 0.6) is 5.75 Å².